The second-order valence-corrected chi connectivity index (χ2v) is 2.74. The van der Waals surface area contributed by atoms with Gasteiger partial charge < -0.3 is 9.90 Å². The number of hydrogen-bond acceptors (Lipinski definition) is 2. The second kappa shape index (κ2) is 3.00. The lowest BCUT2D eigenvalue weighted by atomic mass is 10.2. The third-order valence-corrected chi connectivity index (χ3v) is 1.78. The molecule has 0 N–H and O–H groups in total. The van der Waals surface area contributed by atoms with Gasteiger partial charge in [-0.3, -0.25) is 0 Å². The van der Waals surface area contributed by atoms with E-state index in [1.54, 1.807) is 0 Å². The summed E-state index contributed by atoms with van der Waals surface area (Å²) in [7, 11) is 0. The van der Waals surface area contributed by atoms with E-state index in [-0.39, 0.29) is 4.47 Å². The second-order valence-electron chi connectivity index (χ2n) is 1.89. The van der Waals surface area contributed by atoms with Gasteiger partial charge in [-0.15, -0.1) is 0 Å². The molecule has 0 unspecified atom stereocenters. The van der Waals surface area contributed by atoms with Crippen molar-refractivity contribution in [2.45, 2.75) is 0 Å². The maximum Gasteiger partial charge on any atom is 0.146 e. The zero-order chi connectivity index (χ0) is 8.43. The van der Waals surface area contributed by atoms with Crippen LogP contribution in [0.4, 0.5) is 4.39 Å². The molecule has 0 bridgehead atoms. The van der Waals surface area contributed by atoms with Crippen LogP contribution in [0, 0.1) is 5.82 Å². The minimum absolute atomic E-state index is 0.124. The van der Waals surface area contributed by atoms with Gasteiger partial charge in [0.05, 0.1) is 10.4 Å². The number of benzene rings is 1. The standard InChI is InChI=1S/C7H4BrFO2/c8-5-3-1-2-4(6(5)9)7(10)11/h1-3H,(H,10,11)/p-1. The van der Waals surface area contributed by atoms with Crippen LogP contribution in [0.2, 0.25) is 0 Å². The fourth-order valence-electron chi connectivity index (χ4n) is 0.661. The molecular weight excluding hydrogens is 215 g/mol. The van der Waals surface area contributed by atoms with E-state index in [1.807, 2.05) is 0 Å². The van der Waals surface area contributed by atoms with E-state index in [0.717, 1.165) is 6.07 Å². The molecule has 0 aliphatic rings. The molecule has 4 heteroatoms. The summed E-state index contributed by atoms with van der Waals surface area (Å²) in [6, 6.07) is 4.00. The third kappa shape index (κ3) is 1.57. The molecule has 0 heterocycles. The van der Waals surface area contributed by atoms with Gasteiger partial charge in [-0.2, -0.15) is 0 Å². The van der Waals surface area contributed by atoms with Gasteiger partial charge in [0.15, 0.2) is 0 Å². The molecule has 0 aromatic heterocycles. The van der Waals surface area contributed by atoms with Crippen molar-refractivity contribution in [2.75, 3.05) is 0 Å². The average molecular weight is 218 g/mol. The Labute approximate surface area is 70.8 Å². The smallest absolute Gasteiger partial charge is 0.146 e. The molecule has 1 aromatic rings. The van der Waals surface area contributed by atoms with Gasteiger partial charge in [0.1, 0.15) is 5.82 Å². The predicted octanol–water partition coefficient (Wildman–Crippen LogP) is 0.952. The molecule has 0 spiro atoms. The maximum absolute atomic E-state index is 12.8. The van der Waals surface area contributed by atoms with Crippen molar-refractivity contribution in [3.8, 4) is 0 Å². The minimum Gasteiger partial charge on any atom is -0.545 e. The highest BCUT2D eigenvalue weighted by Crippen LogP contribution is 2.17. The molecule has 0 fully saturated rings. The Morgan fingerprint density at radius 1 is 1.55 bits per heavy atom. The van der Waals surface area contributed by atoms with E-state index in [9.17, 15) is 14.3 Å². The Balaban J connectivity index is 3.27. The largest absolute Gasteiger partial charge is 0.545 e. The Bertz CT molecular complexity index is 298. The normalized spacial score (nSPS) is 9.64. The first-order valence-corrected chi connectivity index (χ1v) is 3.57. The molecule has 1 rings (SSSR count). The monoisotopic (exact) mass is 217 g/mol. The van der Waals surface area contributed by atoms with Gasteiger partial charge >= 0.3 is 0 Å². The molecule has 58 valence electrons. The Kier molecular flexibility index (Phi) is 2.24. The quantitative estimate of drug-likeness (QED) is 0.703. The zero-order valence-corrected chi connectivity index (χ0v) is 6.89. The highest BCUT2D eigenvalue weighted by atomic mass is 79.9. The molecule has 0 radical (unpaired) electrons. The summed E-state index contributed by atoms with van der Waals surface area (Å²) in [6.45, 7) is 0. The van der Waals surface area contributed by atoms with Crippen LogP contribution in [0.5, 0.6) is 0 Å². The number of carbonyl (C=O) groups excluding carboxylic acids is 1. The number of carboxylic acids is 1. The lowest BCUT2D eigenvalue weighted by Gasteiger charge is -2.03. The summed E-state index contributed by atoms with van der Waals surface area (Å²) < 4.78 is 12.9. The summed E-state index contributed by atoms with van der Waals surface area (Å²) in [4.78, 5) is 10.2. The fourth-order valence-corrected chi connectivity index (χ4v) is 1.03. The molecule has 0 aliphatic heterocycles. The van der Waals surface area contributed by atoms with E-state index in [2.05, 4.69) is 15.9 Å². The summed E-state index contributed by atoms with van der Waals surface area (Å²) in [6.07, 6.45) is 0. The van der Waals surface area contributed by atoms with Gasteiger partial charge in [-0.1, -0.05) is 12.1 Å². The van der Waals surface area contributed by atoms with Crippen molar-refractivity contribution >= 4 is 21.9 Å². The first-order chi connectivity index (χ1) is 5.13. The highest BCUT2D eigenvalue weighted by Gasteiger charge is 2.04. The Morgan fingerprint density at radius 2 is 2.18 bits per heavy atom. The van der Waals surface area contributed by atoms with E-state index >= 15 is 0 Å². The van der Waals surface area contributed by atoms with Crippen LogP contribution in [-0.4, -0.2) is 5.97 Å². The molecule has 1 aromatic carbocycles. The summed E-state index contributed by atoms with van der Waals surface area (Å²) in [5, 5.41) is 10.2. The van der Waals surface area contributed by atoms with Crippen LogP contribution in [0.15, 0.2) is 22.7 Å². The molecule has 0 aliphatic carbocycles. The van der Waals surface area contributed by atoms with Crippen LogP contribution in [0.3, 0.4) is 0 Å². The molecule has 11 heavy (non-hydrogen) atoms. The SMILES string of the molecule is O=C([O-])c1cccc(Br)c1F. The van der Waals surface area contributed by atoms with Gasteiger partial charge in [-0.25, -0.2) is 4.39 Å². The number of carbonyl (C=O) groups is 1. The van der Waals surface area contributed by atoms with Crippen molar-refractivity contribution in [1.29, 1.82) is 0 Å². The van der Waals surface area contributed by atoms with Crippen LogP contribution in [-0.2, 0) is 0 Å². The molecule has 0 saturated carbocycles. The molecular formula is C7H3BrFO2-. The number of carboxylic acid groups (broad SMARTS) is 1. The summed E-state index contributed by atoms with van der Waals surface area (Å²) in [5.41, 5.74) is -0.431. The van der Waals surface area contributed by atoms with Crippen molar-refractivity contribution in [2.24, 2.45) is 0 Å². The molecule has 0 saturated heterocycles. The van der Waals surface area contributed by atoms with Gasteiger partial charge in [-0.05, 0) is 22.0 Å². The van der Waals surface area contributed by atoms with Crippen LogP contribution >= 0.6 is 15.9 Å². The topological polar surface area (TPSA) is 40.1 Å². The average Bonchev–Trinajstić information content (AvgIpc) is 1.94. The molecule has 2 nitrogen and oxygen atoms in total. The highest BCUT2D eigenvalue weighted by molar-refractivity contribution is 9.10. The third-order valence-electron chi connectivity index (χ3n) is 1.17. The van der Waals surface area contributed by atoms with Gasteiger partial charge in [0.25, 0.3) is 0 Å². The van der Waals surface area contributed by atoms with Crippen LogP contribution in [0.1, 0.15) is 10.4 Å². The van der Waals surface area contributed by atoms with Crippen LogP contribution in [0.25, 0.3) is 0 Å². The van der Waals surface area contributed by atoms with Crippen molar-refractivity contribution in [1.82, 2.24) is 0 Å². The van der Waals surface area contributed by atoms with Crippen LogP contribution < -0.4 is 5.11 Å². The van der Waals surface area contributed by atoms with Crippen molar-refractivity contribution < 1.29 is 14.3 Å². The zero-order valence-electron chi connectivity index (χ0n) is 5.30. The number of hydrogen-bond donors (Lipinski definition) is 0. The molecule has 0 atom stereocenters. The van der Waals surface area contributed by atoms with Gasteiger partial charge in [0, 0.05) is 5.56 Å². The Morgan fingerprint density at radius 3 is 2.64 bits per heavy atom. The first-order valence-electron chi connectivity index (χ1n) is 2.78. The van der Waals surface area contributed by atoms with E-state index in [4.69, 9.17) is 0 Å². The fraction of sp³-hybridized carbons (Fsp3) is 0. The van der Waals surface area contributed by atoms with Crippen molar-refractivity contribution in [3.63, 3.8) is 0 Å². The predicted molar refractivity (Wildman–Crippen MR) is 38.4 cm³/mol. The van der Waals surface area contributed by atoms with E-state index in [1.165, 1.54) is 12.1 Å². The number of rotatable bonds is 1. The van der Waals surface area contributed by atoms with E-state index < -0.39 is 17.3 Å². The number of halogens is 2. The lowest BCUT2D eigenvalue weighted by Crippen LogP contribution is -2.23. The maximum atomic E-state index is 12.8. The summed E-state index contributed by atoms with van der Waals surface area (Å²) in [5.74, 6) is -2.31. The summed E-state index contributed by atoms with van der Waals surface area (Å²) >= 11 is 2.85. The molecule has 0 amide bonds. The number of aromatic carboxylic acids is 1. The lowest BCUT2D eigenvalue weighted by molar-refractivity contribution is -0.255. The van der Waals surface area contributed by atoms with Gasteiger partial charge in [0.2, 0.25) is 0 Å². The van der Waals surface area contributed by atoms with E-state index in [0.29, 0.717) is 0 Å². The van der Waals surface area contributed by atoms with Crippen molar-refractivity contribution in [3.05, 3.63) is 34.1 Å². The Hall–Kier alpha value is -0.900. The first kappa shape index (κ1) is 8.20. The minimum atomic E-state index is -1.51.